The standard InChI is InChI=1S/C14H14Cl2O2/c15-10-4-3-9(7-11(10)16)18-13-8-12(17)14(13)5-1-2-6-14/h3-4,7,13H,1-2,5-6,8H2. The van der Waals surface area contributed by atoms with Gasteiger partial charge in [-0.2, -0.15) is 0 Å². The molecule has 4 heteroatoms. The average molecular weight is 285 g/mol. The van der Waals surface area contributed by atoms with Crippen molar-refractivity contribution in [3.8, 4) is 5.75 Å². The van der Waals surface area contributed by atoms with Gasteiger partial charge in [-0.25, -0.2) is 0 Å². The summed E-state index contributed by atoms with van der Waals surface area (Å²) in [6, 6.07) is 5.25. The number of hydrogen-bond donors (Lipinski definition) is 0. The van der Waals surface area contributed by atoms with E-state index in [1.165, 1.54) is 0 Å². The van der Waals surface area contributed by atoms with Gasteiger partial charge in [-0.05, 0) is 25.0 Å². The number of hydrogen-bond acceptors (Lipinski definition) is 2. The molecular weight excluding hydrogens is 271 g/mol. The third-order valence-electron chi connectivity index (χ3n) is 4.21. The summed E-state index contributed by atoms with van der Waals surface area (Å²) in [6.07, 6.45) is 4.75. The van der Waals surface area contributed by atoms with E-state index in [1.807, 2.05) is 0 Å². The van der Waals surface area contributed by atoms with Crippen LogP contribution in [-0.2, 0) is 4.79 Å². The molecule has 2 aliphatic rings. The summed E-state index contributed by atoms with van der Waals surface area (Å²) >= 11 is 11.8. The van der Waals surface area contributed by atoms with Crippen LogP contribution in [0, 0.1) is 5.41 Å². The zero-order valence-corrected chi connectivity index (χ0v) is 11.4. The Morgan fingerprint density at radius 1 is 1.17 bits per heavy atom. The molecule has 1 spiro atoms. The van der Waals surface area contributed by atoms with Gasteiger partial charge in [-0.3, -0.25) is 4.79 Å². The van der Waals surface area contributed by atoms with Crippen LogP contribution >= 0.6 is 23.2 Å². The Kier molecular flexibility index (Phi) is 3.03. The van der Waals surface area contributed by atoms with Crippen LogP contribution in [0.3, 0.4) is 0 Å². The molecule has 1 aromatic rings. The fourth-order valence-electron chi connectivity index (χ4n) is 3.09. The lowest BCUT2D eigenvalue weighted by Gasteiger charge is -2.44. The van der Waals surface area contributed by atoms with E-state index in [1.54, 1.807) is 18.2 Å². The second-order valence-corrected chi connectivity index (χ2v) is 5.99. The molecule has 0 aromatic heterocycles. The number of Topliss-reactive ketones (excluding diaryl/α,β-unsaturated/α-hetero) is 1. The molecule has 0 saturated heterocycles. The Balaban J connectivity index is 1.77. The number of carbonyl (C=O) groups excluding carboxylic acids is 1. The third-order valence-corrected chi connectivity index (χ3v) is 4.95. The van der Waals surface area contributed by atoms with Crippen molar-refractivity contribution in [1.29, 1.82) is 0 Å². The molecule has 2 fully saturated rings. The van der Waals surface area contributed by atoms with Gasteiger partial charge < -0.3 is 4.74 Å². The average Bonchev–Trinajstić information content (AvgIpc) is 2.85. The molecular formula is C14H14Cl2O2. The zero-order chi connectivity index (χ0) is 12.8. The fourth-order valence-corrected chi connectivity index (χ4v) is 3.38. The minimum Gasteiger partial charge on any atom is -0.489 e. The summed E-state index contributed by atoms with van der Waals surface area (Å²) in [5.41, 5.74) is -0.202. The first-order chi connectivity index (χ1) is 8.62. The van der Waals surface area contributed by atoms with E-state index in [0.29, 0.717) is 28.0 Å². The van der Waals surface area contributed by atoms with E-state index in [-0.39, 0.29) is 11.5 Å². The van der Waals surface area contributed by atoms with Gasteiger partial charge in [-0.1, -0.05) is 36.0 Å². The van der Waals surface area contributed by atoms with Crippen molar-refractivity contribution < 1.29 is 9.53 Å². The molecule has 1 atom stereocenters. The lowest BCUT2D eigenvalue weighted by molar-refractivity contribution is -0.151. The minimum absolute atomic E-state index is 0.0183. The Morgan fingerprint density at radius 2 is 1.89 bits per heavy atom. The van der Waals surface area contributed by atoms with Gasteiger partial charge in [-0.15, -0.1) is 0 Å². The maximum Gasteiger partial charge on any atom is 0.146 e. The largest absolute Gasteiger partial charge is 0.489 e. The number of carbonyl (C=O) groups is 1. The van der Waals surface area contributed by atoms with Gasteiger partial charge in [0.2, 0.25) is 0 Å². The topological polar surface area (TPSA) is 26.3 Å². The molecule has 2 nitrogen and oxygen atoms in total. The first-order valence-corrected chi connectivity index (χ1v) is 7.02. The predicted molar refractivity (Wildman–Crippen MR) is 71.4 cm³/mol. The van der Waals surface area contributed by atoms with Crippen LogP contribution in [0.4, 0.5) is 0 Å². The lowest BCUT2D eigenvalue weighted by atomic mass is 9.63. The van der Waals surface area contributed by atoms with E-state index < -0.39 is 0 Å². The lowest BCUT2D eigenvalue weighted by Crippen LogP contribution is -2.55. The van der Waals surface area contributed by atoms with Crippen LogP contribution < -0.4 is 4.74 Å². The molecule has 2 aliphatic carbocycles. The summed E-state index contributed by atoms with van der Waals surface area (Å²) in [7, 11) is 0. The molecule has 0 heterocycles. The van der Waals surface area contributed by atoms with Crippen LogP contribution in [0.5, 0.6) is 5.75 Å². The molecule has 0 amide bonds. The number of benzene rings is 1. The molecule has 0 bridgehead atoms. The Labute approximate surface area is 116 Å². The molecule has 2 saturated carbocycles. The van der Waals surface area contributed by atoms with E-state index >= 15 is 0 Å². The molecule has 0 radical (unpaired) electrons. The van der Waals surface area contributed by atoms with Gasteiger partial charge >= 0.3 is 0 Å². The van der Waals surface area contributed by atoms with Crippen LogP contribution in [0.1, 0.15) is 32.1 Å². The van der Waals surface area contributed by atoms with E-state index in [9.17, 15) is 4.79 Å². The maximum absolute atomic E-state index is 11.8. The fraction of sp³-hybridized carbons (Fsp3) is 0.500. The van der Waals surface area contributed by atoms with Crippen molar-refractivity contribution >= 4 is 29.0 Å². The highest BCUT2D eigenvalue weighted by Crippen LogP contribution is 2.52. The summed E-state index contributed by atoms with van der Waals surface area (Å²) in [5.74, 6) is 1.07. The van der Waals surface area contributed by atoms with Crippen molar-refractivity contribution in [2.24, 2.45) is 5.41 Å². The highest BCUT2D eigenvalue weighted by Gasteiger charge is 2.57. The summed E-state index contributed by atoms with van der Waals surface area (Å²) in [6.45, 7) is 0. The van der Waals surface area contributed by atoms with Crippen molar-refractivity contribution in [1.82, 2.24) is 0 Å². The third kappa shape index (κ3) is 1.83. The summed E-state index contributed by atoms with van der Waals surface area (Å²) < 4.78 is 5.93. The second-order valence-electron chi connectivity index (χ2n) is 5.17. The molecule has 0 aliphatic heterocycles. The van der Waals surface area contributed by atoms with Gasteiger partial charge in [0, 0.05) is 12.5 Å². The van der Waals surface area contributed by atoms with Crippen molar-refractivity contribution in [2.75, 3.05) is 0 Å². The van der Waals surface area contributed by atoms with Crippen LogP contribution in [0.15, 0.2) is 18.2 Å². The smallest absolute Gasteiger partial charge is 0.146 e. The Bertz CT molecular complexity index is 493. The normalized spacial score (nSPS) is 25.2. The molecule has 1 unspecified atom stereocenters. The van der Waals surface area contributed by atoms with Gasteiger partial charge in [0.15, 0.2) is 0 Å². The number of rotatable bonds is 2. The first kappa shape index (κ1) is 12.3. The van der Waals surface area contributed by atoms with Gasteiger partial charge in [0.1, 0.15) is 17.6 Å². The molecule has 3 rings (SSSR count). The van der Waals surface area contributed by atoms with Gasteiger partial charge in [0.25, 0.3) is 0 Å². The van der Waals surface area contributed by atoms with Crippen LogP contribution in [-0.4, -0.2) is 11.9 Å². The number of ether oxygens (including phenoxy) is 1. The zero-order valence-electron chi connectivity index (χ0n) is 9.92. The first-order valence-electron chi connectivity index (χ1n) is 6.27. The van der Waals surface area contributed by atoms with Crippen LogP contribution in [0.2, 0.25) is 10.0 Å². The Hall–Kier alpha value is -0.730. The van der Waals surface area contributed by atoms with E-state index in [2.05, 4.69) is 0 Å². The quantitative estimate of drug-likeness (QED) is 0.811. The van der Waals surface area contributed by atoms with Crippen LogP contribution in [0.25, 0.3) is 0 Å². The molecule has 96 valence electrons. The predicted octanol–water partition coefficient (Wildman–Crippen LogP) is 4.27. The molecule has 0 N–H and O–H groups in total. The highest BCUT2D eigenvalue weighted by atomic mass is 35.5. The Morgan fingerprint density at radius 3 is 2.50 bits per heavy atom. The minimum atomic E-state index is -0.202. The van der Waals surface area contributed by atoms with E-state index in [4.69, 9.17) is 27.9 Å². The van der Waals surface area contributed by atoms with E-state index in [0.717, 1.165) is 25.7 Å². The number of halogens is 2. The van der Waals surface area contributed by atoms with Crippen molar-refractivity contribution in [2.45, 2.75) is 38.2 Å². The maximum atomic E-state index is 11.8. The second kappa shape index (κ2) is 4.43. The molecule has 18 heavy (non-hydrogen) atoms. The summed E-state index contributed by atoms with van der Waals surface area (Å²) in [5, 5.41) is 1.00. The summed E-state index contributed by atoms with van der Waals surface area (Å²) in [4.78, 5) is 11.8. The molecule has 1 aromatic carbocycles. The SMILES string of the molecule is O=C1CC(Oc2ccc(Cl)c(Cl)c2)C12CCCC2. The van der Waals surface area contributed by atoms with Gasteiger partial charge in [0.05, 0.1) is 15.5 Å². The highest BCUT2D eigenvalue weighted by molar-refractivity contribution is 6.42. The van der Waals surface area contributed by atoms with Crippen molar-refractivity contribution in [3.63, 3.8) is 0 Å². The number of ketones is 1. The monoisotopic (exact) mass is 284 g/mol. The van der Waals surface area contributed by atoms with Crippen molar-refractivity contribution in [3.05, 3.63) is 28.2 Å².